The molecule has 0 aromatic carbocycles. The zero-order valence-electron chi connectivity index (χ0n) is 16.7. The molecular formula is C20H38O2. The van der Waals surface area contributed by atoms with Gasteiger partial charge in [0.2, 0.25) is 0 Å². The van der Waals surface area contributed by atoms with E-state index in [2.05, 4.69) is 62.3 Å². The van der Waals surface area contributed by atoms with Crippen LogP contribution >= 0.6 is 0 Å². The molecule has 0 amide bonds. The van der Waals surface area contributed by atoms with Crippen molar-refractivity contribution in [1.29, 1.82) is 0 Å². The smallest absolute Gasteiger partial charge is 0.168 e. The fourth-order valence-electron chi connectivity index (χ4n) is 3.32. The maximum Gasteiger partial charge on any atom is 0.168 e. The van der Waals surface area contributed by atoms with Crippen molar-refractivity contribution in [2.45, 2.75) is 76.2 Å². The van der Waals surface area contributed by atoms with Crippen molar-refractivity contribution in [1.82, 2.24) is 0 Å². The lowest BCUT2D eigenvalue weighted by atomic mass is 9.63. The lowest BCUT2D eigenvalue weighted by Crippen LogP contribution is -2.41. The van der Waals surface area contributed by atoms with E-state index in [1.807, 2.05) is 6.92 Å². The number of hydrogen-bond donors (Lipinski definition) is 1. The molecule has 2 heteroatoms. The van der Waals surface area contributed by atoms with Gasteiger partial charge in [-0.2, -0.15) is 0 Å². The van der Waals surface area contributed by atoms with E-state index in [0.717, 1.165) is 0 Å². The lowest BCUT2D eigenvalue weighted by Gasteiger charge is -2.41. The topological polar surface area (TPSA) is 37.3 Å². The van der Waals surface area contributed by atoms with Gasteiger partial charge >= 0.3 is 0 Å². The van der Waals surface area contributed by atoms with E-state index >= 15 is 0 Å². The summed E-state index contributed by atoms with van der Waals surface area (Å²) in [5, 5.41) is 10.9. The number of aliphatic hydroxyl groups excluding tert-OH is 1. The first kappa shape index (κ1) is 21.2. The molecule has 0 saturated heterocycles. The van der Waals surface area contributed by atoms with Crippen LogP contribution in [0.4, 0.5) is 0 Å². The molecule has 22 heavy (non-hydrogen) atoms. The number of carbonyl (C=O) groups excluding carboxylic acids is 1. The highest BCUT2D eigenvalue weighted by Gasteiger charge is 2.44. The van der Waals surface area contributed by atoms with E-state index < -0.39 is 5.41 Å². The summed E-state index contributed by atoms with van der Waals surface area (Å²) in [6.07, 6.45) is 0. The van der Waals surface area contributed by atoms with Crippen molar-refractivity contribution in [2.24, 2.45) is 34.5 Å². The predicted molar refractivity (Wildman–Crippen MR) is 95.9 cm³/mol. The summed E-state index contributed by atoms with van der Waals surface area (Å²) in [6, 6.07) is 0. The molecule has 0 rings (SSSR count). The maximum absolute atomic E-state index is 13.2. The standard InChI is InChI=1S/C20H38O2/c1-12(2)19(10,13(3)4)17(21)16(9)18(22)20(11,14(5)6)15(7)8/h12-15,21H,1-11H3/b17-16-. The average molecular weight is 311 g/mol. The molecule has 0 atom stereocenters. The Balaban J connectivity index is 6.10. The third-order valence-electron chi connectivity index (χ3n) is 6.49. The third kappa shape index (κ3) is 3.41. The highest BCUT2D eigenvalue weighted by atomic mass is 16.3. The molecule has 0 unspecified atom stereocenters. The van der Waals surface area contributed by atoms with Crippen LogP contribution in [0.5, 0.6) is 0 Å². The number of Topliss-reactive ketones (excluding diaryl/α,β-unsaturated/α-hetero) is 1. The van der Waals surface area contributed by atoms with Crippen LogP contribution < -0.4 is 0 Å². The van der Waals surface area contributed by atoms with E-state index in [0.29, 0.717) is 5.57 Å². The van der Waals surface area contributed by atoms with Crippen molar-refractivity contribution in [2.75, 3.05) is 0 Å². The van der Waals surface area contributed by atoms with Crippen molar-refractivity contribution in [3.05, 3.63) is 11.3 Å². The van der Waals surface area contributed by atoms with Crippen molar-refractivity contribution in [3.8, 4) is 0 Å². The Morgan fingerprint density at radius 2 is 1.00 bits per heavy atom. The molecular weight excluding hydrogens is 272 g/mol. The van der Waals surface area contributed by atoms with E-state index in [-0.39, 0.29) is 40.6 Å². The zero-order chi connectivity index (χ0) is 18.0. The minimum Gasteiger partial charge on any atom is -0.511 e. The highest BCUT2D eigenvalue weighted by molar-refractivity contribution is 6.00. The molecule has 0 aliphatic heterocycles. The van der Waals surface area contributed by atoms with Gasteiger partial charge in [0.05, 0.1) is 0 Å². The zero-order valence-corrected chi connectivity index (χ0v) is 16.7. The lowest BCUT2D eigenvalue weighted by molar-refractivity contribution is -0.129. The minimum atomic E-state index is -0.451. The second-order valence-corrected chi connectivity index (χ2v) is 8.49. The van der Waals surface area contributed by atoms with E-state index in [9.17, 15) is 9.90 Å². The Hall–Kier alpha value is -0.790. The molecule has 0 aliphatic carbocycles. The van der Waals surface area contributed by atoms with Gasteiger partial charge < -0.3 is 5.11 Å². The monoisotopic (exact) mass is 310 g/mol. The molecule has 130 valence electrons. The van der Waals surface area contributed by atoms with E-state index in [4.69, 9.17) is 0 Å². The quantitative estimate of drug-likeness (QED) is 0.461. The summed E-state index contributed by atoms with van der Waals surface area (Å²) in [4.78, 5) is 13.2. The van der Waals surface area contributed by atoms with Crippen LogP contribution in [0.15, 0.2) is 11.3 Å². The molecule has 2 nitrogen and oxygen atoms in total. The van der Waals surface area contributed by atoms with Crippen LogP contribution in [0.1, 0.15) is 76.2 Å². The number of rotatable bonds is 7. The number of carbonyl (C=O) groups is 1. The van der Waals surface area contributed by atoms with E-state index in [1.165, 1.54) is 0 Å². The summed E-state index contributed by atoms with van der Waals surface area (Å²) in [5.74, 6) is 1.34. The van der Waals surface area contributed by atoms with Gasteiger partial charge in [-0.25, -0.2) is 0 Å². The SMILES string of the molecule is C/C(C(=O)C(C)(C(C)C)C(C)C)=C(/O)C(C)(C(C)C)C(C)C. The van der Waals surface area contributed by atoms with Gasteiger partial charge in [0.15, 0.2) is 5.78 Å². The summed E-state index contributed by atoms with van der Waals surface area (Å²) >= 11 is 0. The maximum atomic E-state index is 13.2. The van der Waals surface area contributed by atoms with Crippen LogP contribution in [0, 0.1) is 34.5 Å². The molecule has 0 radical (unpaired) electrons. The summed E-state index contributed by atoms with van der Waals surface area (Å²) in [6.45, 7) is 22.7. The number of ketones is 1. The van der Waals surface area contributed by atoms with Gasteiger partial charge in [0.25, 0.3) is 0 Å². The molecule has 0 aliphatic rings. The Morgan fingerprint density at radius 1 is 0.727 bits per heavy atom. The third-order valence-corrected chi connectivity index (χ3v) is 6.49. The van der Waals surface area contributed by atoms with Gasteiger partial charge in [-0.1, -0.05) is 69.2 Å². The molecule has 1 N–H and O–H groups in total. The van der Waals surface area contributed by atoms with E-state index in [1.54, 1.807) is 6.92 Å². The normalized spacial score (nSPS) is 15.0. The Labute approximate surface area is 138 Å². The number of allylic oxidation sites excluding steroid dienone is 2. The van der Waals surface area contributed by atoms with Gasteiger partial charge in [-0.3, -0.25) is 4.79 Å². The molecule has 0 fully saturated rings. The van der Waals surface area contributed by atoms with Crippen LogP contribution in [0.2, 0.25) is 0 Å². The fourth-order valence-corrected chi connectivity index (χ4v) is 3.32. The van der Waals surface area contributed by atoms with Gasteiger partial charge in [0, 0.05) is 16.4 Å². The number of hydrogen-bond acceptors (Lipinski definition) is 2. The largest absolute Gasteiger partial charge is 0.511 e. The molecule has 0 saturated carbocycles. The predicted octanol–water partition coefficient (Wildman–Crippen LogP) is 6.02. The second kappa shape index (κ2) is 7.19. The van der Waals surface area contributed by atoms with Gasteiger partial charge in [-0.05, 0) is 30.6 Å². The molecule has 0 spiro atoms. The first-order valence-electron chi connectivity index (χ1n) is 8.70. The molecule has 0 heterocycles. The molecule has 0 aromatic rings. The van der Waals surface area contributed by atoms with Crippen LogP contribution in [0.3, 0.4) is 0 Å². The number of aliphatic hydroxyl groups is 1. The minimum absolute atomic E-state index is 0.0857. The van der Waals surface area contributed by atoms with Crippen LogP contribution in [-0.4, -0.2) is 10.9 Å². The van der Waals surface area contributed by atoms with Crippen molar-refractivity contribution in [3.63, 3.8) is 0 Å². The molecule has 0 bridgehead atoms. The Bertz CT molecular complexity index is 409. The summed E-state index contributed by atoms with van der Waals surface area (Å²) < 4.78 is 0. The Kier molecular flexibility index (Phi) is 6.93. The second-order valence-electron chi connectivity index (χ2n) is 8.49. The summed E-state index contributed by atoms with van der Waals surface area (Å²) in [7, 11) is 0. The summed E-state index contributed by atoms with van der Waals surface area (Å²) in [5.41, 5.74) is -0.295. The Morgan fingerprint density at radius 3 is 1.23 bits per heavy atom. The van der Waals surface area contributed by atoms with Gasteiger partial charge in [-0.15, -0.1) is 0 Å². The highest BCUT2D eigenvalue weighted by Crippen LogP contribution is 2.45. The fraction of sp³-hybridized carbons (Fsp3) is 0.850. The molecule has 0 aromatic heterocycles. The van der Waals surface area contributed by atoms with Gasteiger partial charge in [0.1, 0.15) is 5.76 Å². The first-order chi connectivity index (χ1) is 9.75. The van der Waals surface area contributed by atoms with Crippen LogP contribution in [-0.2, 0) is 4.79 Å². The average Bonchev–Trinajstić information content (AvgIpc) is 2.41. The van der Waals surface area contributed by atoms with Crippen LogP contribution in [0.25, 0.3) is 0 Å². The first-order valence-corrected chi connectivity index (χ1v) is 8.70. The van der Waals surface area contributed by atoms with Crippen molar-refractivity contribution >= 4 is 5.78 Å². The van der Waals surface area contributed by atoms with Crippen molar-refractivity contribution < 1.29 is 9.90 Å².